The van der Waals surface area contributed by atoms with Gasteiger partial charge in [-0.1, -0.05) is 0 Å². The van der Waals surface area contributed by atoms with Crippen LogP contribution in [-0.2, 0) is 17.7 Å². The Kier molecular flexibility index (Phi) is 3.97. The van der Waals surface area contributed by atoms with Gasteiger partial charge < -0.3 is 10.5 Å². The van der Waals surface area contributed by atoms with Crippen molar-refractivity contribution in [1.82, 2.24) is 9.78 Å². The molecule has 0 radical (unpaired) electrons. The summed E-state index contributed by atoms with van der Waals surface area (Å²) in [7, 11) is 1.67. The van der Waals surface area contributed by atoms with Gasteiger partial charge in [0, 0.05) is 38.8 Å². The third-order valence-corrected chi connectivity index (χ3v) is 3.32. The number of nitrogens with two attached hydrogens (primary N) is 1. The molecule has 0 amide bonds. The van der Waals surface area contributed by atoms with Crippen molar-refractivity contribution in [2.24, 2.45) is 12.8 Å². The number of aryl methyl sites for hydroxylation is 1. The van der Waals surface area contributed by atoms with Crippen LogP contribution in [0.5, 0.6) is 0 Å². The summed E-state index contributed by atoms with van der Waals surface area (Å²) in [6.45, 7) is 1.20. The second kappa shape index (κ2) is 5.32. The van der Waals surface area contributed by atoms with Crippen molar-refractivity contribution in [2.45, 2.75) is 31.1 Å². The molecule has 6 heteroatoms. The predicted octanol–water partition coefficient (Wildman–Crippen LogP) is 1.75. The third-order valence-electron chi connectivity index (χ3n) is 3.32. The molecule has 1 saturated heterocycles. The fraction of sp³-hybridized carbons (Fsp3) is 0.750. The largest absolute Gasteiger partial charge is 0.381 e. The van der Waals surface area contributed by atoms with Gasteiger partial charge in [0.2, 0.25) is 0 Å². The first-order valence-electron chi connectivity index (χ1n) is 6.24. The second-order valence-electron chi connectivity index (χ2n) is 4.73. The maximum absolute atomic E-state index is 14.0. The lowest BCUT2D eigenvalue weighted by Crippen LogP contribution is -2.22. The zero-order valence-corrected chi connectivity index (χ0v) is 10.5. The van der Waals surface area contributed by atoms with Crippen LogP contribution in [0.1, 0.15) is 36.4 Å². The van der Waals surface area contributed by atoms with E-state index >= 15 is 0 Å². The van der Waals surface area contributed by atoms with Gasteiger partial charge >= 0.3 is 0 Å². The highest BCUT2D eigenvalue weighted by Crippen LogP contribution is 2.38. The van der Waals surface area contributed by atoms with Crippen LogP contribution in [-0.4, -0.2) is 29.5 Å². The molecule has 1 aliphatic rings. The van der Waals surface area contributed by atoms with Crippen molar-refractivity contribution in [1.29, 1.82) is 0 Å². The Labute approximate surface area is 105 Å². The maximum Gasteiger partial charge on any atom is 0.277 e. The molecule has 0 saturated carbocycles. The molecule has 1 fully saturated rings. The van der Waals surface area contributed by atoms with E-state index in [9.17, 15) is 8.78 Å². The molecule has 0 bridgehead atoms. The zero-order valence-electron chi connectivity index (χ0n) is 10.5. The lowest BCUT2D eigenvalue weighted by Gasteiger charge is -2.23. The van der Waals surface area contributed by atoms with E-state index in [1.807, 2.05) is 0 Å². The van der Waals surface area contributed by atoms with E-state index in [1.165, 1.54) is 10.9 Å². The molecule has 2 heterocycles. The minimum absolute atomic E-state index is 0.0300. The van der Waals surface area contributed by atoms with Crippen molar-refractivity contribution >= 4 is 0 Å². The van der Waals surface area contributed by atoms with E-state index in [1.54, 1.807) is 7.05 Å². The number of rotatable bonds is 4. The number of aromatic nitrogens is 2. The van der Waals surface area contributed by atoms with E-state index in [0.717, 1.165) is 12.8 Å². The van der Waals surface area contributed by atoms with Crippen LogP contribution in [0.4, 0.5) is 8.78 Å². The van der Waals surface area contributed by atoms with E-state index in [4.69, 9.17) is 10.5 Å². The van der Waals surface area contributed by atoms with Crippen molar-refractivity contribution in [3.05, 3.63) is 17.5 Å². The van der Waals surface area contributed by atoms with Crippen LogP contribution in [0.3, 0.4) is 0 Å². The first kappa shape index (κ1) is 13.4. The summed E-state index contributed by atoms with van der Waals surface area (Å²) >= 11 is 0. The van der Waals surface area contributed by atoms with Crippen molar-refractivity contribution < 1.29 is 13.5 Å². The molecular formula is C12H19F2N3O. The Hall–Kier alpha value is -1.01. The Morgan fingerprint density at radius 1 is 1.50 bits per heavy atom. The highest BCUT2D eigenvalue weighted by atomic mass is 19.3. The summed E-state index contributed by atoms with van der Waals surface area (Å²) in [6, 6.07) is 0. The van der Waals surface area contributed by atoms with Gasteiger partial charge in [-0.15, -0.1) is 0 Å². The van der Waals surface area contributed by atoms with Gasteiger partial charge in [-0.25, -0.2) is 8.78 Å². The molecular weight excluding hydrogens is 240 g/mol. The fourth-order valence-corrected chi connectivity index (χ4v) is 2.38. The molecule has 4 nitrogen and oxygen atoms in total. The second-order valence-corrected chi connectivity index (χ2v) is 4.73. The molecule has 0 unspecified atom stereocenters. The van der Waals surface area contributed by atoms with Crippen LogP contribution in [0.15, 0.2) is 6.20 Å². The van der Waals surface area contributed by atoms with Gasteiger partial charge in [0.15, 0.2) is 0 Å². The third kappa shape index (κ3) is 2.70. The van der Waals surface area contributed by atoms with Crippen LogP contribution >= 0.6 is 0 Å². The summed E-state index contributed by atoms with van der Waals surface area (Å²) in [5, 5.41) is 4.22. The number of nitrogens with zero attached hydrogens (tertiary/aromatic N) is 2. The average molecular weight is 259 g/mol. The van der Waals surface area contributed by atoms with Gasteiger partial charge in [-0.3, -0.25) is 4.68 Å². The first-order chi connectivity index (χ1) is 8.54. The van der Waals surface area contributed by atoms with Gasteiger partial charge in [-0.05, 0) is 19.4 Å². The van der Waals surface area contributed by atoms with Crippen molar-refractivity contribution in [2.75, 3.05) is 19.8 Å². The quantitative estimate of drug-likeness (QED) is 0.896. The molecule has 2 N–H and O–H groups in total. The molecule has 102 valence electrons. The number of hydrogen-bond acceptors (Lipinski definition) is 3. The molecule has 1 aromatic rings. The number of hydrogen-bond donors (Lipinski definition) is 1. The van der Waals surface area contributed by atoms with Crippen LogP contribution in [0.2, 0.25) is 0 Å². The van der Waals surface area contributed by atoms with E-state index in [0.29, 0.717) is 18.9 Å². The maximum atomic E-state index is 14.0. The van der Waals surface area contributed by atoms with Crippen LogP contribution < -0.4 is 5.73 Å². The average Bonchev–Trinajstić information content (AvgIpc) is 2.73. The minimum atomic E-state index is -2.89. The summed E-state index contributed by atoms with van der Waals surface area (Å²) < 4.78 is 34.8. The fourth-order valence-electron chi connectivity index (χ4n) is 2.38. The first-order valence-corrected chi connectivity index (χ1v) is 6.24. The monoisotopic (exact) mass is 259 g/mol. The summed E-state index contributed by atoms with van der Waals surface area (Å²) in [5.74, 6) is -2.82. The highest BCUT2D eigenvalue weighted by molar-refractivity contribution is 5.26. The molecule has 1 aliphatic heterocycles. The van der Waals surface area contributed by atoms with E-state index < -0.39 is 5.92 Å². The SMILES string of the molecule is Cn1cc(C(F)(F)CCN)c(C2CCOCC2)n1. The Bertz CT molecular complexity index is 400. The van der Waals surface area contributed by atoms with Gasteiger partial charge in [-0.2, -0.15) is 5.10 Å². The summed E-state index contributed by atoms with van der Waals surface area (Å²) in [5.41, 5.74) is 5.80. The van der Waals surface area contributed by atoms with E-state index in [2.05, 4.69) is 5.10 Å². The van der Waals surface area contributed by atoms with Crippen LogP contribution in [0, 0.1) is 0 Å². The number of alkyl halides is 2. The highest BCUT2D eigenvalue weighted by Gasteiger charge is 2.37. The number of ether oxygens (including phenoxy) is 1. The molecule has 0 atom stereocenters. The van der Waals surface area contributed by atoms with Crippen LogP contribution in [0.25, 0.3) is 0 Å². The predicted molar refractivity (Wildman–Crippen MR) is 63.6 cm³/mol. The molecule has 0 aromatic carbocycles. The summed E-state index contributed by atoms with van der Waals surface area (Å²) in [4.78, 5) is 0. The lowest BCUT2D eigenvalue weighted by molar-refractivity contribution is -0.0127. The lowest BCUT2D eigenvalue weighted by atomic mass is 9.91. The zero-order chi connectivity index (χ0) is 13.2. The molecule has 0 aliphatic carbocycles. The van der Waals surface area contributed by atoms with Crippen molar-refractivity contribution in [3.8, 4) is 0 Å². The molecule has 1 aromatic heterocycles. The van der Waals surface area contributed by atoms with Gasteiger partial charge in [0.25, 0.3) is 5.92 Å². The Balaban J connectivity index is 2.29. The topological polar surface area (TPSA) is 53.1 Å². The van der Waals surface area contributed by atoms with Gasteiger partial charge in [0.1, 0.15) is 0 Å². The Morgan fingerprint density at radius 3 is 2.78 bits per heavy atom. The molecule has 0 spiro atoms. The van der Waals surface area contributed by atoms with Crippen molar-refractivity contribution in [3.63, 3.8) is 0 Å². The smallest absolute Gasteiger partial charge is 0.277 e. The Morgan fingerprint density at radius 2 is 2.17 bits per heavy atom. The standard InChI is InChI=1S/C12H19F2N3O/c1-17-8-10(12(13,14)4-5-15)11(16-17)9-2-6-18-7-3-9/h8-9H,2-7,15H2,1H3. The molecule has 2 rings (SSSR count). The normalized spacial score (nSPS) is 18.2. The molecule has 18 heavy (non-hydrogen) atoms. The van der Waals surface area contributed by atoms with E-state index in [-0.39, 0.29) is 24.4 Å². The summed E-state index contributed by atoms with van der Waals surface area (Å²) in [6.07, 6.45) is 2.58. The number of halogens is 2. The minimum Gasteiger partial charge on any atom is -0.381 e. The van der Waals surface area contributed by atoms with Gasteiger partial charge in [0.05, 0.1) is 11.3 Å².